The molecule has 2 amide bonds. The molecule has 0 aliphatic carbocycles. The van der Waals surface area contributed by atoms with Gasteiger partial charge in [0.15, 0.2) is 6.03 Å². The summed E-state index contributed by atoms with van der Waals surface area (Å²) in [5, 5.41) is 5.77. The quantitative estimate of drug-likeness (QED) is 0.401. The van der Waals surface area contributed by atoms with Crippen molar-refractivity contribution in [2.24, 2.45) is 5.73 Å². The molecule has 1 aliphatic rings. The number of nitrogens with zero attached hydrogens (tertiary/aromatic N) is 2. The summed E-state index contributed by atoms with van der Waals surface area (Å²) in [6.07, 6.45) is 3.99. The van der Waals surface area contributed by atoms with Crippen LogP contribution in [0.2, 0.25) is 0 Å². The van der Waals surface area contributed by atoms with Crippen LogP contribution in [0, 0.1) is 0 Å². The summed E-state index contributed by atoms with van der Waals surface area (Å²) in [6, 6.07) is 1.14. The Morgan fingerprint density at radius 1 is 1.42 bits per heavy atom. The van der Waals surface area contributed by atoms with E-state index in [1.807, 2.05) is 0 Å². The van der Waals surface area contributed by atoms with E-state index < -0.39 is 11.9 Å². The van der Waals surface area contributed by atoms with Gasteiger partial charge < -0.3 is 22.1 Å². The van der Waals surface area contributed by atoms with Crippen LogP contribution in [0.4, 0.5) is 10.6 Å². The van der Waals surface area contributed by atoms with E-state index in [4.69, 9.17) is 11.5 Å². The van der Waals surface area contributed by atoms with Gasteiger partial charge in [-0.1, -0.05) is 12.3 Å². The van der Waals surface area contributed by atoms with E-state index in [1.165, 1.54) is 18.5 Å². The van der Waals surface area contributed by atoms with E-state index in [0.717, 1.165) is 0 Å². The Labute approximate surface area is 130 Å². The molecule has 0 radical (unpaired) electrons. The number of hydrogen-bond acceptors (Lipinski definition) is 5. The minimum atomic E-state index is -0.455. The van der Waals surface area contributed by atoms with Gasteiger partial charge in [-0.3, -0.25) is 9.78 Å². The first-order chi connectivity index (χ1) is 8.99. The minimum absolute atomic E-state index is 0.338. The van der Waals surface area contributed by atoms with Crippen molar-refractivity contribution in [2.75, 3.05) is 5.73 Å². The van der Waals surface area contributed by atoms with Crippen LogP contribution in [0.1, 0.15) is 0 Å². The maximum absolute atomic E-state index is 10.3. The van der Waals surface area contributed by atoms with Crippen LogP contribution in [0.25, 0.3) is 5.32 Å². The Hall–Kier alpha value is -0.728. The molecule has 0 aromatic carbocycles. The van der Waals surface area contributed by atoms with Crippen LogP contribution in [0.15, 0.2) is 29.3 Å². The molecule has 11 heteroatoms. The molecule has 1 aromatic rings. The summed E-state index contributed by atoms with van der Waals surface area (Å²) < 4.78 is 0. The van der Waals surface area contributed by atoms with Gasteiger partial charge in [0, 0.05) is 12.4 Å². The van der Waals surface area contributed by atoms with E-state index in [9.17, 15) is 9.59 Å². The van der Waals surface area contributed by atoms with Gasteiger partial charge in [-0.15, -0.1) is 0 Å². The predicted octanol–water partition coefficient (Wildman–Crippen LogP) is 0.923. The number of hydrogen-bond donors (Lipinski definition) is 4. The van der Waals surface area contributed by atoms with Crippen molar-refractivity contribution in [1.29, 1.82) is 0 Å². The topological polar surface area (TPSA) is 141 Å². The van der Waals surface area contributed by atoms with Gasteiger partial charge in [0.1, 0.15) is 5.82 Å². The van der Waals surface area contributed by atoms with E-state index in [2.05, 4.69) is 47.5 Å². The van der Waals surface area contributed by atoms with E-state index >= 15 is 0 Å². The molecule has 110 valence electrons. The number of carbonyl (C=O) groups is 1. The zero-order chi connectivity index (χ0) is 14.7. The van der Waals surface area contributed by atoms with Crippen molar-refractivity contribution in [2.45, 2.75) is 6.17 Å². The van der Waals surface area contributed by atoms with Gasteiger partial charge in [0.2, 0.25) is 0 Å². The first kappa shape index (κ1) is 18.3. The molecule has 2 heterocycles. The second-order valence-corrected chi connectivity index (χ2v) is 9.97. The molecule has 0 fully saturated rings. The maximum atomic E-state index is 10.3. The third kappa shape index (κ3) is 10.8. The summed E-state index contributed by atoms with van der Waals surface area (Å²) >= 11 is 6.80. The second kappa shape index (κ2) is 11.1. The number of anilines is 1. The Morgan fingerprint density at radius 3 is 2.37 bits per heavy atom. The number of halogens is 2. The third-order valence-electron chi connectivity index (χ3n) is 1.46. The number of H-pyrrole nitrogens is 1. The van der Waals surface area contributed by atoms with Crippen molar-refractivity contribution >= 4 is 38.7 Å². The molecule has 1 atom stereocenters. The number of aromatic nitrogens is 2. The van der Waals surface area contributed by atoms with Gasteiger partial charge in [-0.25, -0.2) is 9.78 Å². The molecular formula is C8H11Br2N6O2Pd-. The van der Waals surface area contributed by atoms with Crippen molar-refractivity contribution in [3.63, 3.8) is 0 Å². The van der Waals surface area contributed by atoms with Gasteiger partial charge >= 0.3 is 46.5 Å². The van der Waals surface area contributed by atoms with E-state index in [-0.39, 0.29) is 6.03 Å². The fraction of sp³-hybridized carbons (Fsp3) is 0.125. The zero-order valence-corrected chi connectivity index (χ0v) is 14.1. The Bertz CT molecular complexity index is 469. The van der Waals surface area contributed by atoms with Crippen LogP contribution in [0.3, 0.4) is 0 Å². The van der Waals surface area contributed by atoms with Gasteiger partial charge in [0.05, 0.1) is 0 Å². The van der Waals surface area contributed by atoms with Crippen LogP contribution >= 0.6 is 26.9 Å². The SMILES string of the molecule is NC1C=CNC(=O)[N-]1.Nc1ccnc(=O)[nH]1.[Br][Pd][Br]. The molecule has 6 N–H and O–H groups in total. The molecule has 0 spiro atoms. The molecule has 0 bridgehead atoms. The van der Waals surface area contributed by atoms with Crippen molar-refractivity contribution in [3.05, 3.63) is 40.3 Å². The molecule has 19 heavy (non-hydrogen) atoms. The van der Waals surface area contributed by atoms with E-state index in [1.54, 1.807) is 6.08 Å². The standard InChI is InChI=1S/C4H7N3O.C4H5N3O.2BrH.Pd/c2*5-3-1-2-6-4(8)7-3;;;/h1-3H,5H2,(H2,6,7,8);1-2H,(H3,5,6,7,8);2*1H;/q;;;;+2/p-3. The Morgan fingerprint density at radius 2 is 2.05 bits per heavy atom. The number of nitrogens with two attached hydrogens (primary N) is 2. The van der Waals surface area contributed by atoms with Crippen molar-refractivity contribution in [1.82, 2.24) is 15.3 Å². The second-order valence-electron chi connectivity index (χ2n) is 2.80. The number of carbonyl (C=O) groups excluding carboxylic acids is 1. The number of nitrogens with one attached hydrogen (secondary N) is 2. The first-order valence-corrected chi connectivity index (χ1v) is 11.7. The third-order valence-corrected chi connectivity index (χ3v) is 1.46. The number of nitrogen functional groups attached to an aromatic ring is 1. The average molecular weight is 489 g/mol. The van der Waals surface area contributed by atoms with Gasteiger partial charge in [0.25, 0.3) is 0 Å². The van der Waals surface area contributed by atoms with Crippen LogP contribution in [-0.2, 0) is 13.9 Å². The molecule has 2 rings (SSSR count). The zero-order valence-electron chi connectivity index (χ0n) is 9.32. The van der Waals surface area contributed by atoms with Crippen LogP contribution < -0.4 is 22.5 Å². The van der Waals surface area contributed by atoms with Gasteiger partial charge in [-0.2, -0.15) is 0 Å². The fourth-order valence-corrected chi connectivity index (χ4v) is 0.816. The number of amides is 2. The fourth-order valence-electron chi connectivity index (χ4n) is 0.816. The first-order valence-electron chi connectivity index (χ1n) is 4.56. The molecular weight excluding hydrogens is 478 g/mol. The summed E-state index contributed by atoms with van der Waals surface area (Å²) in [4.78, 5) is 26.1. The monoisotopic (exact) mass is 487 g/mol. The van der Waals surface area contributed by atoms with Crippen molar-refractivity contribution < 1.29 is 18.7 Å². The molecule has 8 nitrogen and oxygen atoms in total. The van der Waals surface area contributed by atoms with Gasteiger partial charge in [-0.05, 0) is 6.07 Å². The number of urea groups is 1. The number of rotatable bonds is 0. The summed E-state index contributed by atoms with van der Waals surface area (Å²) in [7, 11) is 0. The molecule has 1 unspecified atom stereocenters. The van der Waals surface area contributed by atoms with Crippen LogP contribution in [0.5, 0.6) is 0 Å². The molecule has 0 saturated carbocycles. The Kier molecular flexibility index (Phi) is 10.7. The summed E-state index contributed by atoms with van der Waals surface area (Å²) in [5.41, 5.74) is 9.96. The summed E-state index contributed by atoms with van der Waals surface area (Å²) in [6.45, 7) is 0. The average Bonchev–Trinajstić information content (AvgIpc) is 2.30. The number of aromatic amines is 1. The normalized spacial score (nSPS) is 16.2. The molecule has 0 saturated heterocycles. The predicted molar refractivity (Wildman–Crippen MR) is 76.1 cm³/mol. The van der Waals surface area contributed by atoms with Crippen molar-refractivity contribution in [3.8, 4) is 0 Å². The molecule has 1 aromatic heterocycles. The summed E-state index contributed by atoms with van der Waals surface area (Å²) in [5.74, 6) is 0.338. The van der Waals surface area contributed by atoms with Crippen LogP contribution in [-0.4, -0.2) is 22.2 Å². The molecule has 1 aliphatic heterocycles. The Balaban J connectivity index is 0.000000284. The van der Waals surface area contributed by atoms with E-state index in [0.29, 0.717) is 19.8 Å².